The van der Waals surface area contributed by atoms with Gasteiger partial charge in [-0.25, -0.2) is 13.1 Å². The van der Waals surface area contributed by atoms with Crippen LogP contribution in [0.1, 0.15) is 18.9 Å². The van der Waals surface area contributed by atoms with E-state index in [9.17, 15) is 13.2 Å². The fourth-order valence-corrected chi connectivity index (χ4v) is 3.68. The van der Waals surface area contributed by atoms with E-state index in [1.54, 1.807) is 18.2 Å². The Balaban J connectivity index is 1.89. The zero-order chi connectivity index (χ0) is 17.6. The third-order valence-electron chi connectivity index (χ3n) is 3.39. The minimum Gasteiger partial charge on any atom is -0.326 e. The normalized spacial score (nSPS) is 11.2. The zero-order valence-corrected chi connectivity index (χ0v) is 14.8. The van der Waals surface area contributed by atoms with Crippen molar-refractivity contribution >= 4 is 33.2 Å². The minimum atomic E-state index is -3.73. The van der Waals surface area contributed by atoms with Crippen molar-refractivity contribution < 1.29 is 13.2 Å². The first-order chi connectivity index (χ1) is 11.4. The maximum atomic E-state index is 12.1. The van der Waals surface area contributed by atoms with Crippen molar-refractivity contribution in [3.8, 4) is 0 Å². The number of amides is 1. The second kappa shape index (κ2) is 8.28. The van der Waals surface area contributed by atoms with Gasteiger partial charge < -0.3 is 5.32 Å². The highest BCUT2D eigenvalue weighted by Gasteiger charge is 2.17. The number of hydrogen-bond acceptors (Lipinski definition) is 3. The van der Waals surface area contributed by atoms with Crippen molar-refractivity contribution in [1.82, 2.24) is 4.72 Å². The van der Waals surface area contributed by atoms with Crippen LogP contribution in [0, 0.1) is 0 Å². The molecule has 0 aliphatic rings. The molecule has 128 valence electrons. The van der Waals surface area contributed by atoms with E-state index in [4.69, 9.17) is 11.6 Å². The number of halogens is 1. The van der Waals surface area contributed by atoms with Crippen LogP contribution in [0.3, 0.4) is 0 Å². The second-order valence-corrected chi connectivity index (χ2v) is 7.32. The van der Waals surface area contributed by atoms with Gasteiger partial charge in [-0.05, 0) is 36.2 Å². The van der Waals surface area contributed by atoms with Crippen molar-refractivity contribution in [3.05, 3.63) is 59.1 Å². The summed E-state index contributed by atoms with van der Waals surface area (Å²) < 4.78 is 26.7. The van der Waals surface area contributed by atoms with Crippen molar-refractivity contribution in [2.75, 3.05) is 11.9 Å². The quantitative estimate of drug-likeness (QED) is 0.790. The molecular formula is C17H19ClN2O3S. The monoisotopic (exact) mass is 366 g/mol. The minimum absolute atomic E-state index is 0.00252. The van der Waals surface area contributed by atoms with E-state index in [0.717, 1.165) is 12.0 Å². The van der Waals surface area contributed by atoms with E-state index in [1.807, 2.05) is 25.1 Å². The molecule has 0 saturated carbocycles. The highest BCUT2D eigenvalue weighted by Crippen LogP contribution is 2.20. The molecule has 0 aliphatic heterocycles. The summed E-state index contributed by atoms with van der Waals surface area (Å²) >= 11 is 5.89. The smallest absolute Gasteiger partial charge is 0.242 e. The lowest BCUT2D eigenvalue weighted by atomic mass is 10.1. The average molecular weight is 367 g/mol. The molecule has 0 aliphatic carbocycles. The third-order valence-corrected chi connectivity index (χ3v) is 5.35. The molecule has 24 heavy (non-hydrogen) atoms. The van der Waals surface area contributed by atoms with Crippen molar-refractivity contribution in [1.29, 1.82) is 0 Å². The van der Waals surface area contributed by atoms with Crippen LogP contribution in [0.15, 0.2) is 53.4 Å². The molecule has 0 spiro atoms. The molecule has 0 atom stereocenters. The van der Waals surface area contributed by atoms with Gasteiger partial charge in [-0.1, -0.05) is 42.8 Å². The Bertz CT molecular complexity index is 822. The highest BCUT2D eigenvalue weighted by molar-refractivity contribution is 7.89. The summed E-state index contributed by atoms with van der Waals surface area (Å²) in [6, 6.07) is 13.7. The highest BCUT2D eigenvalue weighted by atomic mass is 35.5. The predicted molar refractivity (Wildman–Crippen MR) is 95.7 cm³/mol. The molecule has 2 N–H and O–H groups in total. The Hall–Kier alpha value is -1.89. The SMILES string of the molecule is CCc1cccc(NC(=O)CCNS(=O)(=O)c2ccccc2Cl)c1. The maximum Gasteiger partial charge on any atom is 0.242 e. The topological polar surface area (TPSA) is 75.3 Å². The Morgan fingerprint density at radius 2 is 1.88 bits per heavy atom. The largest absolute Gasteiger partial charge is 0.326 e. The lowest BCUT2D eigenvalue weighted by molar-refractivity contribution is -0.116. The summed E-state index contributed by atoms with van der Waals surface area (Å²) in [5.74, 6) is -0.259. The van der Waals surface area contributed by atoms with E-state index in [1.165, 1.54) is 12.1 Å². The van der Waals surface area contributed by atoms with Crippen LogP contribution in [0.25, 0.3) is 0 Å². The predicted octanol–water partition coefficient (Wildman–Crippen LogP) is 3.21. The van der Waals surface area contributed by atoms with Crippen molar-refractivity contribution in [2.45, 2.75) is 24.7 Å². The Morgan fingerprint density at radius 1 is 1.12 bits per heavy atom. The lowest BCUT2D eigenvalue weighted by Gasteiger charge is -2.09. The van der Waals surface area contributed by atoms with Crippen LogP contribution >= 0.6 is 11.6 Å². The van der Waals surface area contributed by atoms with E-state index in [2.05, 4.69) is 10.0 Å². The van der Waals surface area contributed by atoms with Crippen LogP contribution in [-0.4, -0.2) is 20.9 Å². The first-order valence-electron chi connectivity index (χ1n) is 7.55. The van der Waals surface area contributed by atoms with Crippen LogP contribution in [0.5, 0.6) is 0 Å². The van der Waals surface area contributed by atoms with E-state index < -0.39 is 10.0 Å². The number of anilines is 1. The molecule has 0 fully saturated rings. The fourth-order valence-electron chi connectivity index (χ4n) is 2.13. The van der Waals surface area contributed by atoms with Gasteiger partial charge in [0.15, 0.2) is 0 Å². The molecule has 0 aromatic heterocycles. The summed E-state index contributed by atoms with van der Waals surface area (Å²) in [5, 5.41) is 2.90. The molecule has 0 heterocycles. The summed E-state index contributed by atoms with van der Waals surface area (Å²) in [6.45, 7) is 2.03. The molecule has 0 radical (unpaired) electrons. The molecule has 2 aromatic rings. The summed E-state index contributed by atoms with van der Waals surface area (Å²) in [4.78, 5) is 11.9. The van der Waals surface area contributed by atoms with Gasteiger partial charge in [0.05, 0.1) is 5.02 Å². The van der Waals surface area contributed by atoms with Gasteiger partial charge >= 0.3 is 0 Å². The number of benzene rings is 2. The molecule has 1 amide bonds. The van der Waals surface area contributed by atoms with E-state index in [-0.39, 0.29) is 28.8 Å². The Morgan fingerprint density at radius 3 is 2.58 bits per heavy atom. The number of sulfonamides is 1. The average Bonchev–Trinajstić information content (AvgIpc) is 2.55. The summed E-state index contributed by atoms with van der Waals surface area (Å²) in [5.41, 5.74) is 1.82. The molecular weight excluding hydrogens is 348 g/mol. The molecule has 7 heteroatoms. The molecule has 0 bridgehead atoms. The number of carbonyl (C=O) groups is 1. The third kappa shape index (κ3) is 5.06. The summed E-state index contributed by atoms with van der Waals surface area (Å²) in [7, 11) is -3.73. The van der Waals surface area contributed by atoms with Gasteiger partial charge in [-0.2, -0.15) is 0 Å². The van der Waals surface area contributed by atoms with Crippen LogP contribution in [0.2, 0.25) is 5.02 Å². The van der Waals surface area contributed by atoms with Crippen molar-refractivity contribution in [3.63, 3.8) is 0 Å². The Labute approximate surface area is 147 Å². The maximum absolute atomic E-state index is 12.1. The van der Waals surface area contributed by atoms with Gasteiger partial charge in [0.25, 0.3) is 0 Å². The fraction of sp³-hybridized carbons (Fsp3) is 0.235. The van der Waals surface area contributed by atoms with Crippen LogP contribution < -0.4 is 10.0 Å². The number of nitrogens with one attached hydrogen (secondary N) is 2. The van der Waals surface area contributed by atoms with Crippen LogP contribution in [0.4, 0.5) is 5.69 Å². The second-order valence-electron chi connectivity index (χ2n) is 5.18. The first kappa shape index (κ1) is 18.4. The number of hydrogen-bond donors (Lipinski definition) is 2. The number of rotatable bonds is 7. The Kier molecular flexibility index (Phi) is 6.36. The molecule has 2 aromatic carbocycles. The van der Waals surface area contributed by atoms with Gasteiger partial charge in [-0.3, -0.25) is 4.79 Å². The van der Waals surface area contributed by atoms with Gasteiger partial charge in [0.2, 0.25) is 15.9 Å². The van der Waals surface area contributed by atoms with Gasteiger partial charge in [0, 0.05) is 18.7 Å². The van der Waals surface area contributed by atoms with Crippen LogP contribution in [-0.2, 0) is 21.2 Å². The van der Waals surface area contributed by atoms with E-state index >= 15 is 0 Å². The summed E-state index contributed by atoms with van der Waals surface area (Å²) in [6.07, 6.45) is 0.904. The molecule has 0 saturated heterocycles. The first-order valence-corrected chi connectivity index (χ1v) is 9.41. The number of aryl methyl sites for hydroxylation is 1. The van der Waals surface area contributed by atoms with Crippen molar-refractivity contribution in [2.24, 2.45) is 0 Å². The van der Waals surface area contributed by atoms with Gasteiger partial charge in [-0.15, -0.1) is 0 Å². The molecule has 0 unspecified atom stereocenters. The molecule has 2 rings (SSSR count). The number of carbonyl (C=O) groups excluding carboxylic acids is 1. The molecule has 5 nitrogen and oxygen atoms in total. The van der Waals surface area contributed by atoms with E-state index in [0.29, 0.717) is 5.69 Å². The van der Waals surface area contributed by atoms with Gasteiger partial charge in [0.1, 0.15) is 4.90 Å². The lowest BCUT2D eigenvalue weighted by Crippen LogP contribution is -2.28. The standard InChI is InChI=1S/C17H19ClN2O3S/c1-2-13-6-5-7-14(12-13)20-17(21)10-11-19-24(22,23)16-9-4-3-8-15(16)18/h3-9,12,19H,2,10-11H2,1H3,(H,20,21). The zero-order valence-electron chi connectivity index (χ0n) is 13.3.